The van der Waals surface area contributed by atoms with Gasteiger partial charge in [0.05, 0.1) is 18.3 Å². The number of anilines is 1. The van der Waals surface area contributed by atoms with Crippen molar-refractivity contribution >= 4 is 33.4 Å². The molecule has 0 atom stereocenters. The number of hydrogen-bond donors (Lipinski definition) is 1. The van der Waals surface area contributed by atoms with Gasteiger partial charge in [-0.15, -0.1) is 0 Å². The maximum atomic E-state index is 13.6. The zero-order chi connectivity index (χ0) is 23.8. The van der Waals surface area contributed by atoms with Crippen LogP contribution in [0.3, 0.4) is 0 Å². The number of pyridine rings is 1. The minimum absolute atomic E-state index is 0.0243. The Morgan fingerprint density at radius 3 is 2.31 bits per heavy atom. The van der Waals surface area contributed by atoms with E-state index in [1.54, 1.807) is 7.11 Å². The molecule has 0 aliphatic carbocycles. The fourth-order valence-corrected chi connectivity index (χ4v) is 4.88. The molecule has 1 N–H and O–H groups in total. The lowest BCUT2D eigenvalue weighted by Crippen LogP contribution is -2.49. The highest BCUT2D eigenvalue weighted by Crippen LogP contribution is 2.33. The number of nitrogens with one attached hydrogen (secondary N) is 1. The number of piperazine rings is 1. The largest absolute Gasteiger partial charge is 0.497 e. The summed E-state index contributed by atoms with van der Waals surface area (Å²) >= 11 is 0. The summed E-state index contributed by atoms with van der Waals surface area (Å²) in [5, 5.41) is 2.12. The Morgan fingerprint density at radius 2 is 1.57 bits per heavy atom. The number of amides is 1. The van der Waals surface area contributed by atoms with Crippen molar-refractivity contribution in [2.75, 3.05) is 38.2 Å². The average molecular weight is 463 g/mol. The van der Waals surface area contributed by atoms with Crippen molar-refractivity contribution in [3.05, 3.63) is 90.6 Å². The number of hydrogen-bond acceptors (Lipinski definition) is 4. The third-order valence-corrected chi connectivity index (χ3v) is 6.77. The summed E-state index contributed by atoms with van der Waals surface area (Å²) in [6.07, 6.45) is 0. The smallest absolute Gasteiger partial charge is 0.272 e. The van der Waals surface area contributed by atoms with E-state index in [-0.39, 0.29) is 5.91 Å². The normalized spacial score (nSPS) is 14.0. The van der Waals surface area contributed by atoms with Gasteiger partial charge in [0, 0.05) is 53.7 Å². The Balaban J connectivity index is 1.32. The van der Waals surface area contributed by atoms with Crippen LogP contribution in [0.2, 0.25) is 0 Å². The number of methoxy groups -OCH3 is 1. The highest BCUT2D eigenvalue weighted by atomic mass is 16.5. The summed E-state index contributed by atoms with van der Waals surface area (Å²) in [5.41, 5.74) is 5.42. The van der Waals surface area contributed by atoms with Crippen LogP contribution in [-0.2, 0) is 0 Å². The molecule has 35 heavy (non-hydrogen) atoms. The van der Waals surface area contributed by atoms with Crippen LogP contribution in [-0.4, -0.2) is 54.1 Å². The number of carbonyl (C=O) groups excluding carboxylic acids is 1. The maximum absolute atomic E-state index is 13.6. The molecule has 6 heteroatoms. The average Bonchev–Trinajstić information content (AvgIpc) is 3.31. The van der Waals surface area contributed by atoms with E-state index < -0.39 is 0 Å². The first-order chi connectivity index (χ1) is 17.2. The summed E-state index contributed by atoms with van der Waals surface area (Å²) in [5.74, 6) is 0.819. The molecule has 2 aromatic heterocycles. The molecule has 1 aliphatic heterocycles. The van der Waals surface area contributed by atoms with Crippen LogP contribution >= 0.6 is 0 Å². The lowest BCUT2D eigenvalue weighted by molar-refractivity contribution is 0.0741. The standard InChI is InChI=1S/C29H26N4O2/c1-35-22-13-11-21(12-14-22)32-15-17-33(18-16-32)29(34)26-19-24-23-9-5-6-10-25(23)30-28(24)27(31-26)20-7-3-2-4-8-20/h2-14,19,30H,15-18H2,1H3. The first kappa shape index (κ1) is 21.2. The number of fused-ring (bicyclic) bond motifs is 3. The van der Waals surface area contributed by atoms with Gasteiger partial charge in [-0.3, -0.25) is 4.79 Å². The number of rotatable bonds is 4. The van der Waals surface area contributed by atoms with Gasteiger partial charge in [0.15, 0.2) is 0 Å². The number of aromatic nitrogens is 2. The predicted molar refractivity (Wildman–Crippen MR) is 140 cm³/mol. The monoisotopic (exact) mass is 462 g/mol. The van der Waals surface area contributed by atoms with E-state index >= 15 is 0 Å². The van der Waals surface area contributed by atoms with Crippen LogP contribution in [0.15, 0.2) is 84.9 Å². The lowest BCUT2D eigenvalue weighted by Gasteiger charge is -2.36. The fraction of sp³-hybridized carbons (Fsp3) is 0.172. The molecule has 6 nitrogen and oxygen atoms in total. The van der Waals surface area contributed by atoms with Crippen molar-refractivity contribution in [3.63, 3.8) is 0 Å². The third kappa shape index (κ3) is 3.87. The van der Waals surface area contributed by atoms with Gasteiger partial charge in [-0.05, 0) is 36.4 Å². The van der Waals surface area contributed by atoms with Crippen molar-refractivity contribution < 1.29 is 9.53 Å². The topological polar surface area (TPSA) is 61.5 Å². The fourth-order valence-electron chi connectivity index (χ4n) is 4.88. The highest BCUT2D eigenvalue weighted by Gasteiger charge is 2.25. The lowest BCUT2D eigenvalue weighted by atomic mass is 10.1. The van der Waals surface area contributed by atoms with Gasteiger partial charge in [0.25, 0.3) is 5.91 Å². The van der Waals surface area contributed by atoms with Crippen LogP contribution in [0.5, 0.6) is 5.75 Å². The predicted octanol–water partition coefficient (Wildman–Crippen LogP) is 5.35. The summed E-state index contributed by atoms with van der Waals surface area (Å²) in [4.78, 5) is 26.3. The molecule has 1 amide bonds. The van der Waals surface area contributed by atoms with E-state index in [9.17, 15) is 4.79 Å². The van der Waals surface area contributed by atoms with Gasteiger partial charge in [0.2, 0.25) is 0 Å². The van der Waals surface area contributed by atoms with Crippen molar-refractivity contribution in [2.24, 2.45) is 0 Å². The van der Waals surface area contributed by atoms with E-state index in [4.69, 9.17) is 9.72 Å². The van der Waals surface area contributed by atoms with Crippen LogP contribution < -0.4 is 9.64 Å². The zero-order valence-corrected chi connectivity index (χ0v) is 19.6. The number of H-pyrrole nitrogens is 1. The summed E-state index contributed by atoms with van der Waals surface area (Å²) in [6.45, 7) is 2.86. The molecule has 1 saturated heterocycles. The van der Waals surface area contributed by atoms with E-state index in [0.29, 0.717) is 18.8 Å². The number of carbonyl (C=O) groups is 1. The molecule has 3 aromatic carbocycles. The van der Waals surface area contributed by atoms with E-state index in [2.05, 4.69) is 34.1 Å². The van der Waals surface area contributed by atoms with Crippen molar-refractivity contribution in [1.29, 1.82) is 0 Å². The molecule has 1 aliphatic rings. The summed E-state index contributed by atoms with van der Waals surface area (Å²) < 4.78 is 5.27. The van der Waals surface area contributed by atoms with Crippen LogP contribution in [0, 0.1) is 0 Å². The molecular weight excluding hydrogens is 436 g/mol. The first-order valence-corrected chi connectivity index (χ1v) is 11.9. The van der Waals surface area contributed by atoms with Crippen molar-refractivity contribution in [1.82, 2.24) is 14.9 Å². The Hall–Kier alpha value is -4.32. The van der Waals surface area contributed by atoms with E-state index in [0.717, 1.165) is 57.6 Å². The number of benzene rings is 3. The second-order valence-corrected chi connectivity index (χ2v) is 8.79. The molecule has 0 spiro atoms. The van der Waals surface area contributed by atoms with Gasteiger partial charge in [-0.1, -0.05) is 48.5 Å². The second-order valence-electron chi connectivity index (χ2n) is 8.79. The molecule has 6 rings (SSSR count). The third-order valence-electron chi connectivity index (χ3n) is 6.77. The molecule has 3 heterocycles. The highest BCUT2D eigenvalue weighted by molar-refractivity contribution is 6.13. The Kier molecular flexibility index (Phi) is 5.34. The first-order valence-electron chi connectivity index (χ1n) is 11.9. The van der Waals surface area contributed by atoms with Gasteiger partial charge in [-0.2, -0.15) is 0 Å². The summed E-state index contributed by atoms with van der Waals surface area (Å²) in [6, 6.07) is 28.3. The zero-order valence-electron chi connectivity index (χ0n) is 19.6. The number of ether oxygens (including phenoxy) is 1. The number of para-hydroxylation sites is 1. The molecular formula is C29H26N4O2. The summed E-state index contributed by atoms with van der Waals surface area (Å²) in [7, 11) is 1.67. The molecule has 5 aromatic rings. The van der Waals surface area contributed by atoms with Crippen molar-refractivity contribution in [2.45, 2.75) is 0 Å². The Bertz CT molecular complexity index is 1500. The van der Waals surface area contributed by atoms with Crippen LogP contribution in [0.1, 0.15) is 10.5 Å². The molecule has 0 bridgehead atoms. The maximum Gasteiger partial charge on any atom is 0.272 e. The minimum atomic E-state index is -0.0243. The van der Waals surface area contributed by atoms with Gasteiger partial charge in [-0.25, -0.2) is 4.98 Å². The SMILES string of the molecule is COc1ccc(N2CCN(C(=O)c3cc4c([nH]c5ccccc54)c(-c4ccccc4)n3)CC2)cc1. The Labute approximate surface area is 203 Å². The van der Waals surface area contributed by atoms with Crippen LogP contribution in [0.25, 0.3) is 33.1 Å². The minimum Gasteiger partial charge on any atom is -0.497 e. The number of aromatic amines is 1. The molecule has 1 fully saturated rings. The van der Waals surface area contributed by atoms with Gasteiger partial charge >= 0.3 is 0 Å². The van der Waals surface area contributed by atoms with E-state index in [1.807, 2.05) is 65.6 Å². The van der Waals surface area contributed by atoms with Crippen molar-refractivity contribution in [3.8, 4) is 17.0 Å². The van der Waals surface area contributed by atoms with E-state index in [1.165, 1.54) is 0 Å². The number of nitrogens with zero attached hydrogens (tertiary/aromatic N) is 3. The van der Waals surface area contributed by atoms with Crippen LogP contribution in [0.4, 0.5) is 5.69 Å². The Morgan fingerprint density at radius 1 is 0.857 bits per heavy atom. The second kappa shape index (κ2) is 8.80. The molecule has 0 radical (unpaired) electrons. The molecule has 0 saturated carbocycles. The molecule has 174 valence electrons. The quantitative estimate of drug-likeness (QED) is 0.391. The molecule has 0 unspecified atom stereocenters. The van der Waals surface area contributed by atoms with Gasteiger partial charge < -0.3 is 19.5 Å². The van der Waals surface area contributed by atoms with Gasteiger partial charge in [0.1, 0.15) is 11.4 Å².